The summed E-state index contributed by atoms with van der Waals surface area (Å²) >= 11 is 0. The van der Waals surface area contributed by atoms with Crippen molar-refractivity contribution in [2.24, 2.45) is 5.92 Å². The summed E-state index contributed by atoms with van der Waals surface area (Å²) in [7, 11) is 0. The summed E-state index contributed by atoms with van der Waals surface area (Å²) in [5.74, 6) is 0.304. The van der Waals surface area contributed by atoms with E-state index in [1.807, 2.05) is 24.8 Å². The molecule has 1 aromatic heterocycles. The van der Waals surface area contributed by atoms with Gasteiger partial charge < -0.3 is 10.0 Å². The molecule has 0 saturated carbocycles. The van der Waals surface area contributed by atoms with E-state index in [2.05, 4.69) is 5.10 Å². The zero-order chi connectivity index (χ0) is 13.3. The van der Waals surface area contributed by atoms with Crippen LogP contribution in [0.4, 0.5) is 0 Å². The molecule has 0 spiro atoms. The van der Waals surface area contributed by atoms with E-state index in [0.29, 0.717) is 13.1 Å². The molecule has 1 aliphatic rings. The number of aliphatic hydroxyl groups excluding tert-OH is 1. The first kappa shape index (κ1) is 13.1. The SMILES string of the molecule is Cc1cc(C)n(CC(=O)N2CCC(C(C)O)C2)n1. The molecule has 5 heteroatoms. The highest BCUT2D eigenvalue weighted by Crippen LogP contribution is 2.20. The predicted octanol–water partition coefficient (Wildman–Crippen LogP) is 0.729. The van der Waals surface area contributed by atoms with E-state index in [1.54, 1.807) is 11.6 Å². The molecule has 5 nitrogen and oxygen atoms in total. The van der Waals surface area contributed by atoms with E-state index < -0.39 is 0 Å². The van der Waals surface area contributed by atoms with Crippen LogP contribution in [0.3, 0.4) is 0 Å². The number of likely N-dealkylation sites (tertiary alicyclic amines) is 1. The number of hydrogen-bond donors (Lipinski definition) is 1. The fraction of sp³-hybridized carbons (Fsp3) is 0.692. The number of aromatic nitrogens is 2. The first-order valence-electron chi connectivity index (χ1n) is 6.44. The fourth-order valence-electron chi connectivity index (χ4n) is 2.47. The number of hydrogen-bond acceptors (Lipinski definition) is 3. The molecule has 2 atom stereocenters. The summed E-state index contributed by atoms with van der Waals surface area (Å²) < 4.78 is 1.74. The van der Waals surface area contributed by atoms with Crippen LogP contribution < -0.4 is 0 Å². The van der Waals surface area contributed by atoms with Crippen molar-refractivity contribution < 1.29 is 9.90 Å². The van der Waals surface area contributed by atoms with Crippen LogP contribution in [-0.2, 0) is 11.3 Å². The van der Waals surface area contributed by atoms with Crippen molar-refractivity contribution in [3.05, 3.63) is 17.5 Å². The normalized spacial score (nSPS) is 21.3. The van der Waals surface area contributed by atoms with E-state index in [0.717, 1.165) is 24.4 Å². The van der Waals surface area contributed by atoms with Crippen LogP contribution in [0.5, 0.6) is 0 Å². The van der Waals surface area contributed by atoms with E-state index in [-0.39, 0.29) is 17.9 Å². The highest BCUT2D eigenvalue weighted by Gasteiger charge is 2.29. The Morgan fingerprint density at radius 2 is 2.33 bits per heavy atom. The molecule has 0 bridgehead atoms. The standard InChI is InChI=1S/C13H21N3O2/c1-9-6-10(2)16(14-9)8-13(18)15-5-4-12(7-15)11(3)17/h6,11-12,17H,4-5,7-8H2,1-3H3. The monoisotopic (exact) mass is 251 g/mol. The van der Waals surface area contributed by atoms with Gasteiger partial charge in [-0.2, -0.15) is 5.10 Å². The van der Waals surface area contributed by atoms with Gasteiger partial charge in [0.1, 0.15) is 6.54 Å². The maximum atomic E-state index is 12.1. The summed E-state index contributed by atoms with van der Waals surface area (Å²) in [4.78, 5) is 14.0. The lowest BCUT2D eigenvalue weighted by Gasteiger charge is -2.18. The molecule has 2 rings (SSSR count). The lowest BCUT2D eigenvalue weighted by Crippen LogP contribution is -2.33. The number of carbonyl (C=O) groups excluding carboxylic acids is 1. The molecule has 0 aromatic carbocycles. The number of nitrogens with zero attached hydrogens (tertiary/aromatic N) is 3. The minimum Gasteiger partial charge on any atom is -0.393 e. The minimum absolute atomic E-state index is 0.0874. The van der Waals surface area contributed by atoms with Crippen molar-refractivity contribution in [1.29, 1.82) is 0 Å². The van der Waals surface area contributed by atoms with Gasteiger partial charge in [-0.25, -0.2) is 0 Å². The molecule has 1 fully saturated rings. The van der Waals surface area contributed by atoms with Crippen LogP contribution in [0.2, 0.25) is 0 Å². The zero-order valence-electron chi connectivity index (χ0n) is 11.3. The Morgan fingerprint density at radius 1 is 1.61 bits per heavy atom. The highest BCUT2D eigenvalue weighted by atomic mass is 16.3. The van der Waals surface area contributed by atoms with Crippen molar-refractivity contribution >= 4 is 5.91 Å². The van der Waals surface area contributed by atoms with Crippen molar-refractivity contribution in [3.8, 4) is 0 Å². The second-order valence-corrected chi connectivity index (χ2v) is 5.21. The molecule has 100 valence electrons. The summed E-state index contributed by atoms with van der Waals surface area (Å²) in [5.41, 5.74) is 1.94. The number of amides is 1. The van der Waals surface area contributed by atoms with Gasteiger partial charge in [-0.1, -0.05) is 0 Å². The Bertz CT molecular complexity index is 439. The average molecular weight is 251 g/mol. The maximum absolute atomic E-state index is 12.1. The van der Waals surface area contributed by atoms with Gasteiger partial charge >= 0.3 is 0 Å². The summed E-state index contributed by atoms with van der Waals surface area (Å²) in [6.45, 7) is 7.37. The van der Waals surface area contributed by atoms with Crippen LogP contribution in [0.25, 0.3) is 0 Å². The second-order valence-electron chi connectivity index (χ2n) is 5.21. The summed E-state index contributed by atoms with van der Waals surface area (Å²) in [6, 6.07) is 1.97. The molecule has 18 heavy (non-hydrogen) atoms. The van der Waals surface area contributed by atoms with Crippen molar-refractivity contribution in [2.75, 3.05) is 13.1 Å². The molecular weight excluding hydrogens is 230 g/mol. The van der Waals surface area contributed by atoms with Gasteiger partial charge in [0.05, 0.1) is 11.8 Å². The number of carbonyl (C=O) groups is 1. The molecule has 1 saturated heterocycles. The third-order valence-electron chi connectivity index (χ3n) is 3.65. The van der Waals surface area contributed by atoms with Crippen LogP contribution in [0, 0.1) is 19.8 Å². The Balaban J connectivity index is 1.95. The smallest absolute Gasteiger partial charge is 0.244 e. The molecule has 1 aliphatic heterocycles. The number of aryl methyl sites for hydroxylation is 2. The molecule has 1 aromatic rings. The molecule has 0 radical (unpaired) electrons. The Labute approximate surface area is 107 Å². The maximum Gasteiger partial charge on any atom is 0.244 e. The first-order valence-corrected chi connectivity index (χ1v) is 6.44. The van der Waals surface area contributed by atoms with E-state index in [1.165, 1.54) is 0 Å². The van der Waals surface area contributed by atoms with Crippen LogP contribution in [-0.4, -0.2) is 44.9 Å². The van der Waals surface area contributed by atoms with Crippen LogP contribution >= 0.6 is 0 Å². The Hall–Kier alpha value is -1.36. The average Bonchev–Trinajstić information content (AvgIpc) is 2.86. The third-order valence-corrected chi connectivity index (χ3v) is 3.65. The number of rotatable bonds is 3. The van der Waals surface area contributed by atoms with Gasteiger partial charge in [0.15, 0.2) is 0 Å². The molecule has 1 N–H and O–H groups in total. The topological polar surface area (TPSA) is 58.4 Å². The van der Waals surface area contributed by atoms with Crippen molar-refractivity contribution in [1.82, 2.24) is 14.7 Å². The highest BCUT2D eigenvalue weighted by molar-refractivity contribution is 5.76. The summed E-state index contributed by atoms with van der Waals surface area (Å²) in [6.07, 6.45) is 0.553. The van der Waals surface area contributed by atoms with E-state index in [4.69, 9.17) is 0 Å². The van der Waals surface area contributed by atoms with E-state index in [9.17, 15) is 9.90 Å². The Kier molecular flexibility index (Phi) is 3.71. The van der Waals surface area contributed by atoms with Crippen molar-refractivity contribution in [3.63, 3.8) is 0 Å². The number of aliphatic hydroxyl groups is 1. The predicted molar refractivity (Wildman–Crippen MR) is 68.1 cm³/mol. The van der Waals surface area contributed by atoms with Gasteiger partial charge in [0, 0.05) is 24.7 Å². The quantitative estimate of drug-likeness (QED) is 0.861. The van der Waals surface area contributed by atoms with Crippen molar-refractivity contribution in [2.45, 2.75) is 39.8 Å². The van der Waals surface area contributed by atoms with Gasteiger partial charge in [-0.05, 0) is 33.3 Å². The van der Waals surface area contributed by atoms with Gasteiger partial charge in [0.2, 0.25) is 5.91 Å². The molecule has 1 amide bonds. The molecule has 0 aliphatic carbocycles. The third kappa shape index (κ3) is 2.72. The van der Waals surface area contributed by atoms with Gasteiger partial charge in [0.25, 0.3) is 0 Å². The Morgan fingerprint density at radius 3 is 2.83 bits per heavy atom. The first-order chi connectivity index (χ1) is 8.47. The summed E-state index contributed by atoms with van der Waals surface area (Å²) in [5, 5.41) is 13.8. The molecule has 2 heterocycles. The lowest BCUT2D eigenvalue weighted by atomic mass is 10.0. The van der Waals surface area contributed by atoms with Crippen LogP contribution in [0.1, 0.15) is 24.7 Å². The van der Waals surface area contributed by atoms with Gasteiger partial charge in [-0.15, -0.1) is 0 Å². The second kappa shape index (κ2) is 5.10. The molecular formula is C13H21N3O2. The minimum atomic E-state index is -0.337. The largest absolute Gasteiger partial charge is 0.393 e. The zero-order valence-corrected chi connectivity index (χ0v) is 11.3. The lowest BCUT2D eigenvalue weighted by molar-refractivity contribution is -0.131. The molecule has 2 unspecified atom stereocenters. The van der Waals surface area contributed by atoms with E-state index >= 15 is 0 Å². The van der Waals surface area contributed by atoms with Crippen LogP contribution in [0.15, 0.2) is 6.07 Å². The fourth-order valence-corrected chi connectivity index (χ4v) is 2.47. The van der Waals surface area contributed by atoms with Gasteiger partial charge in [-0.3, -0.25) is 9.48 Å².